The average Bonchev–Trinajstić information content (AvgIpc) is 2.99. The highest BCUT2D eigenvalue weighted by Gasteiger charge is 2.16. The van der Waals surface area contributed by atoms with Crippen molar-refractivity contribution in [2.75, 3.05) is 19.0 Å². The highest BCUT2D eigenvalue weighted by atomic mass is 32.2. The smallest absolute Gasteiger partial charge is 0.320 e. The molecule has 0 atom stereocenters. The highest BCUT2D eigenvalue weighted by Crippen LogP contribution is 2.37. The zero-order valence-corrected chi connectivity index (χ0v) is 14.6. The van der Waals surface area contributed by atoms with Gasteiger partial charge in [0, 0.05) is 29.3 Å². The van der Waals surface area contributed by atoms with E-state index in [9.17, 15) is 8.68 Å². The van der Waals surface area contributed by atoms with Gasteiger partial charge < -0.3 is 10.1 Å². The second kappa shape index (κ2) is 7.43. The van der Waals surface area contributed by atoms with Gasteiger partial charge in [-0.1, -0.05) is 18.2 Å². The number of hydrogen-bond acceptors (Lipinski definition) is 4. The van der Waals surface area contributed by atoms with E-state index in [0.29, 0.717) is 23.8 Å². The van der Waals surface area contributed by atoms with Gasteiger partial charge in [0.2, 0.25) is 0 Å². The van der Waals surface area contributed by atoms with Gasteiger partial charge in [-0.25, -0.2) is 13.8 Å². The van der Waals surface area contributed by atoms with E-state index in [0.717, 1.165) is 16.5 Å². The largest absolute Gasteiger partial charge is 0.496 e. The zero-order chi connectivity index (χ0) is 17.8. The van der Waals surface area contributed by atoms with Gasteiger partial charge in [-0.2, -0.15) is 0 Å². The average molecular weight is 360 g/mol. The number of benzene rings is 1. The summed E-state index contributed by atoms with van der Waals surface area (Å²) in [6.45, 7) is 2.32. The van der Waals surface area contributed by atoms with Crippen molar-refractivity contribution in [2.45, 2.75) is 6.92 Å². The number of nitrogens with one attached hydrogen (secondary N) is 2. The number of ether oxygens (including phenoxy) is 1. The molecule has 130 valence electrons. The Hall–Kier alpha value is -2.74. The molecule has 3 rings (SSSR count). The first-order valence-electron chi connectivity index (χ1n) is 7.67. The number of urea groups is 1. The van der Waals surface area contributed by atoms with Crippen molar-refractivity contribution in [3.8, 4) is 16.9 Å². The van der Waals surface area contributed by atoms with Crippen LogP contribution >= 0.6 is 12.3 Å². The molecule has 0 spiro atoms. The monoisotopic (exact) mass is 360 g/mol. The molecule has 6 nitrogen and oxygen atoms in total. The van der Waals surface area contributed by atoms with E-state index in [1.807, 2.05) is 31.2 Å². The van der Waals surface area contributed by atoms with E-state index >= 15 is 0 Å². The lowest BCUT2D eigenvalue weighted by Crippen LogP contribution is -2.28. The number of rotatable bonds is 5. The van der Waals surface area contributed by atoms with E-state index < -0.39 is 0 Å². The number of carbonyl (C=O) groups excluding carboxylic acids is 1. The minimum absolute atomic E-state index is 0.0501. The maximum absolute atomic E-state index is 13.4. The molecule has 2 N–H and O–H groups in total. The molecule has 2 aromatic heterocycles. The molecule has 0 saturated heterocycles. The van der Waals surface area contributed by atoms with Gasteiger partial charge in [0.15, 0.2) is 18.0 Å². The molecule has 0 aliphatic heterocycles. The quantitative estimate of drug-likeness (QED) is 0.714. The van der Waals surface area contributed by atoms with Crippen LogP contribution in [0.1, 0.15) is 6.92 Å². The van der Waals surface area contributed by atoms with Crippen molar-refractivity contribution in [1.82, 2.24) is 14.3 Å². The fraction of sp³-hybridized carbons (Fsp3) is 0.176. The van der Waals surface area contributed by atoms with Crippen molar-refractivity contribution < 1.29 is 13.4 Å². The topological polar surface area (TPSA) is 68.2 Å². The summed E-state index contributed by atoms with van der Waals surface area (Å²) in [5.74, 6) is 1.04. The Balaban J connectivity index is 2.09. The fourth-order valence-corrected chi connectivity index (χ4v) is 2.95. The van der Waals surface area contributed by atoms with Crippen LogP contribution in [0.4, 0.5) is 14.5 Å². The van der Waals surface area contributed by atoms with Gasteiger partial charge in [-0.05, 0) is 25.1 Å². The van der Waals surface area contributed by atoms with Gasteiger partial charge in [0.25, 0.3) is 0 Å². The number of aromatic nitrogens is 2. The van der Waals surface area contributed by atoms with Crippen molar-refractivity contribution in [1.29, 1.82) is 0 Å². The van der Waals surface area contributed by atoms with Gasteiger partial charge >= 0.3 is 6.03 Å². The van der Waals surface area contributed by atoms with Crippen LogP contribution in [0.2, 0.25) is 0 Å². The van der Waals surface area contributed by atoms with E-state index in [-0.39, 0.29) is 18.4 Å². The minimum atomic E-state index is -0.356. The number of fused-ring (bicyclic) bond motifs is 1. The molecule has 8 heteroatoms. The minimum Gasteiger partial charge on any atom is -0.496 e. The first kappa shape index (κ1) is 17.1. The number of nitrogens with zero attached hydrogens (tertiary/aromatic N) is 2. The van der Waals surface area contributed by atoms with Gasteiger partial charge in [-0.15, -0.1) is 3.89 Å². The third-order valence-corrected chi connectivity index (χ3v) is 4.10. The Morgan fingerprint density at radius 1 is 1.28 bits per heavy atom. The summed E-state index contributed by atoms with van der Waals surface area (Å²) in [6.07, 6.45) is 1.66. The molecule has 3 aromatic rings. The summed E-state index contributed by atoms with van der Waals surface area (Å²) < 4.78 is 20.1. The Labute approximate surface area is 148 Å². The van der Waals surface area contributed by atoms with Crippen LogP contribution in [-0.4, -0.2) is 28.6 Å². The molecule has 2 heterocycles. The number of para-hydroxylation sites is 1. The van der Waals surface area contributed by atoms with Crippen LogP contribution in [0.5, 0.6) is 5.75 Å². The summed E-state index contributed by atoms with van der Waals surface area (Å²) in [5, 5.41) is 6.01. The number of anilines is 1. The first-order valence-corrected chi connectivity index (χ1v) is 8.34. The van der Waals surface area contributed by atoms with E-state index in [1.165, 1.54) is 3.97 Å². The predicted octanol–water partition coefficient (Wildman–Crippen LogP) is 4.23. The third kappa shape index (κ3) is 3.39. The molecule has 0 bridgehead atoms. The summed E-state index contributed by atoms with van der Waals surface area (Å²) in [7, 11) is 1.59. The number of carbonyl (C=O) groups is 1. The maximum Gasteiger partial charge on any atom is 0.320 e. The molecule has 0 radical (unpaired) electrons. The number of pyridine rings is 1. The van der Waals surface area contributed by atoms with Crippen molar-refractivity contribution in [2.24, 2.45) is 0 Å². The maximum atomic E-state index is 13.4. The zero-order valence-electron chi connectivity index (χ0n) is 13.7. The number of hydrogen-bond donors (Lipinski definition) is 2. The van der Waals surface area contributed by atoms with Gasteiger partial charge in [-0.3, -0.25) is 5.32 Å². The molecule has 0 aliphatic carbocycles. The molecule has 1 aromatic carbocycles. The van der Waals surface area contributed by atoms with E-state index in [1.54, 1.807) is 25.4 Å². The van der Waals surface area contributed by atoms with Crippen LogP contribution in [0, 0.1) is 0 Å². The molecule has 0 fully saturated rings. The molecule has 2 amide bonds. The van der Waals surface area contributed by atoms with E-state index in [2.05, 4.69) is 15.6 Å². The molecular formula is C17H17FN4O2S. The predicted molar refractivity (Wildman–Crippen MR) is 98.5 cm³/mol. The van der Waals surface area contributed by atoms with Crippen molar-refractivity contribution in [3.05, 3.63) is 42.6 Å². The Bertz CT molecular complexity index is 913. The van der Waals surface area contributed by atoms with Crippen molar-refractivity contribution in [3.63, 3.8) is 0 Å². The summed E-state index contributed by atoms with van der Waals surface area (Å²) in [4.78, 5) is 16.0. The lowest BCUT2D eigenvalue weighted by molar-refractivity contribution is 0.252. The van der Waals surface area contributed by atoms with Crippen LogP contribution in [0.25, 0.3) is 22.2 Å². The third-order valence-electron chi connectivity index (χ3n) is 3.67. The fourth-order valence-electron chi connectivity index (χ4n) is 2.60. The SMILES string of the molecule is CCNC(=O)Nc1ccc2c(-c3ccccc3OC)cn(SF)c2n1. The molecule has 0 aliphatic rings. The van der Waals surface area contributed by atoms with Crippen molar-refractivity contribution >= 4 is 35.2 Å². The normalized spacial score (nSPS) is 10.7. The molecule has 0 saturated carbocycles. The standard InChI is InChI=1S/C17H17FN4O2S/c1-3-19-17(23)21-15-9-8-12-13(10-22(25-18)16(12)20-15)11-6-4-5-7-14(11)24-2/h4-10H,3H2,1-2H3,(H2,19,20,21,23). The second-order valence-electron chi connectivity index (χ2n) is 5.19. The number of amides is 2. The van der Waals surface area contributed by atoms with Gasteiger partial charge in [0.1, 0.15) is 11.6 Å². The van der Waals surface area contributed by atoms with E-state index in [4.69, 9.17) is 4.74 Å². The van der Waals surface area contributed by atoms with Crippen LogP contribution < -0.4 is 15.4 Å². The Morgan fingerprint density at radius 2 is 2.08 bits per heavy atom. The molecular weight excluding hydrogens is 343 g/mol. The van der Waals surface area contributed by atoms with Crippen LogP contribution in [0.15, 0.2) is 42.6 Å². The number of methoxy groups -OCH3 is 1. The second-order valence-corrected chi connectivity index (χ2v) is 5.72. The lowest BCUT2D eigenvalue weighted by Gasteiger charge is -2.07. The van der Waals surface area contributed by atoms with Crippen LogP contribution in [-0.2, 0) is 0 Å². The molecule has 25 heavy (non-hydrogen) atoms. The summed E-state index contributed by atoms with van der Waals surface area (Å²) >= 11 is 0.0501. The Kier molecular flexibility index (Phi) is 5.08. The highest BCUT2D eigenvalue weighted by molar-refractivity contribution is 7.92. The summed E-state index contributed by atoms with van der Waals surface area (Å²) in [6, 6.07) is 10.6. The lowest BCUT2D eigenvalue weighted by atomic mass is 10.0. The molecule has 0 unspecified atom stereocenters. The Morgan fingerprint density at radius 3 is 2.80 bits per heavy atom. The summed E-state index contributed by atoms with van der Waals surface area (Å²) in [5.41, 5.74) is 2.06. The van der Waals surface area contributed by atoms with Gasteiger partial charge in [0.05, 0.1) is 7.11 Å². The number of halogens is 1. The first-order chi connectivity index (χ1) is 12.2. The van der Waals surface area contributed by atoms with Crippen LogP contribution in [0.3, 0.4) is 0 Å².